The number of nitrogens with two attached hydrogens (primary N) is 1. The molecule has 1 atom stereocenters. The van der Waals surface area contributed by atoms with Crippen LogP contribution in [0.5, 0.6) is 0 Å². The molecule has 0 spiro atoms. The van der Waals surface area contributed by atoms with Gasteiger partial charge in [0.2, 0.25) is 0 Å². The average Bonchev–Trinajstić information content (AvgIpc) is 2.85. The van der Waals surface area contributed by atoms with Gasteiger partial charge in [-0.25, -0.2) is 5.43 Å². The van der Waals surface area contributed by atoms with Gasteiger partial charge in [0.1, 0.15) is 11.5 Å². The second-order valence-corrected chi connectivity index (χ2v) is 5.42. The molecule has 3 N–H and O–H groups in total. The fourth-order valence-electron chi connectivity index (χ4n) is 1.54. The fourth-order valence-corrected chi connectivity index (χ4v) is 3.10. The van der Waals surface area contributed by atoms with Gasteiger partial charge in [-0.1, -0.05) is 0 Å². The molecule has 0 aliphatic heterocycles. The zero-order valence-electron chi connectivity index (χ0n) is 8.87. The second kappa shape index (κ2) is 5.14. The van der Waals surface area contributed by atoms with E-state index < -0.39 is 0 Å². The van der Waals surface area contributed by atoms with Gasteiger partial charge in [0.25, 0.3) is 0 Å². The highest BCUT2D eigenvalue weighted by atomic mass is 79.9. The third-order valence-corrected chi connectivity index (χ3v) is 4.34. The Kier molecular flexibility index (Phi) is 3.81. The van der Waals surface area contributed by atoms with Crippen molar-refractivity contribution in [3.05, 3.63) is 44.4 Å². The minimum absolute atomic E-state index is 0.0173. The van der Waals surface area contributed by atoms with E-state index in [4.69, 9.17) is 10.3 Å². The van der Waals surface area contributed by atoms with Gasteiger partial charge in [0.15, 0.2) is 0 Å². The van der Waals surface area contributed by atoms with E-state index in [2.05, 4.69) is 26.7 Å². The summed E-state index contributed by atoms with van der Waals surface area (Å²) in [6, 6.07) is 5.97. The maximum absolute atomic E-state index is 5.57. The SMILES string of the molecule is Cc1ccc(C(Cc2sccc2Br)NN)o1. The number of halogens is 1. The Morgan fingerprint density at radius 1 is 1.50 bits per heavy atom. The monoisotopic (exact) mass is 300 g/mol. The molecule has 2 aromatic rings. The molecule has 3 nitrogen and oxygen atoms in total. The van der Waals surface area contributed by atoms with Crippen molar-refractivity contribution in [3.8, 4) is 0 Å². The zero-order chi connectivity index (χ0) is 11.5. The van der Waals surface area contributed by atoms with Gasteiger partial charge in [-0.2, -0.15) is 0 Å². The normalized spacial score (nSPS) is 12.9. The molecule has 16 heavy (non-hydrogen) atoms. The lowest BCUT2D eigenvalue weighted by Gasteiger charge is -2.12. The molecule has 0 saturated carbocycles. The average molecular weight is 301 g/mol. The molecular formula is C11H13BrN2OS. The maximum atomic E-state index is 5.57. The molecular weight excluding hydrogens is 288 g/mol. The minimum Gasteiger partial charge on any atom is -0.465 e. The lowest BCUT2D eigenvalue weighted by atomic mass is 10.1. The summed E-state index contributed by atoms with van der Waals surface area (Å²) in [7, 11) is 0. The number of furan rings is 1. The van der Waals surface area contributed by atoms with Crippen molar-refractivity contribution < 1.29 is 4.42 Å². The maximum Gasteiger partial charge on any atom is 0.122 e. The summed E-state index contributed by atoms with van der Waals surface area (Å²) < 4.78 is 6.70. The molecule has 2 heterocycles. The van der Waals surface area contributed by atoms with Crippen LogP contribution in [0.25, 0.3) is 0 Å². The number of aryl methyl sites for hydroxylation is 1. The van der Waals surface area contributed by atoms with Crippen LogP contribution >= 0.6 is 27.3 Å². The van der Waals surface area contributed by atoms with Gasteiger partial charge in [-0.15, -0.1) is 11.3 Å². The molecule has 5 heteroatoms. The van der Waals surface area contributed by atoms with E-state index in [1.54, 1.807) is 11.3 Å². The quantitative estimate of drug-likeness (QED) is 0.674. The fraction of sp³-hybridized carbons (Fsp3) is 0.273. The lowest BCUT2D eigenvalue weighted by Crippen LogP contribution is -2.29. The smallest absolute Gasteiger partial charge is 0.122 e. The topological polar surface area (TPSA) is 51.2 Å². The minimum atomic E-state index is 0.0173. The summed E-state index contributed by atoms with van der Waals surface area (Å²) in [4.78, 5) is 1.26. The molecule has 2 aromatic heterocycles. The van der Waals surface area contributed by atoms with Crippen molar-refractivity contribution in [2.24, 2.45) is 5.84 Å². The van der Waals surface area contributed by atoms with Gasteiger partial charge >= 0.3 is 0 Å². The van der Waals surface area contributed by atoms with Crippen molar-refractivity contribution in [1.29, 1.82) is 0 Å². The summed E-state index contributed by atoms with van der Waals surface area (Å²) in [5, 5.41) is 2.06. The molecule has 1 unspecified atom stereocenters. The highest BCUT2D eigenvalue weighted by molar-refractivity contribution is 9.10. The largest absolute Gasteiger partial charge is 0.465 e. The molecule has 0 bridgehead atoms. The standard InChI is InChI=1S/C11H13BrN2OS/c1-7-2-3-10(15-7)9(14-13)6-11-8(12)4-5-16-11/h2-5,9,14H,6,13H2,1H3. The molecule has 0 aliphatic carbocycles. The second-order valence-electron chi connectivity index (χ2n) is 3.56. The van der Waals surface area contributed by atoms with Crippen molar-refractivity contribution >= 4 is 27.3 Å². The van der Waals surface area contributed by atoms with E-state index in [0.717, 1.165) is 22.4 Å². The van der Waals surface area contributed by atoms with Crippen molar-refractivity contribution in [3.63, 3.8) is 0 Å². The predicted octanol–water partition coefficient (Wildman–Crippen LogP) is 3.16. The van der Waals surface area contributed by atoms with Gasteiger partial charge in [-0.05, 0) is 46.4 Å². The van der Waals surface area contributed by atoms with Gasteiger partial charge in [-0.3, -0.25) is 5.84 Å². The molecule has 0 aromatic carbocycles. The van der Waals surface area contributed by atoms with Crippen molar-refractivity contribution in [2.75, 3.05) is 0 Å². The number of rotatable bonds is 4. The highest BCUT2D eigenvalue weighted by Gasteiger charge is 2.16. The summed E-state index contributed by atoms with van der Waals surface area (Å²) >= 11 is 5.22. The van der Waals surface area contributed by atoms with Crippen molar-refractivity contribution in [1.82, 2.24) is 5.43 Å². The van der Waals surface area contributed by atoms with Crippen molar-refractivity contribution in [2.45, 2.75) is 19.4 Å². The summed E-state index contributed by atoms with van der Waals surface area (Å²) in [6.07, 6.45) is 0.821. The molecule has 0 fully saturated rings. The lowest BCUT2D eigenvalue weighted by molar-refractivity contribution is 0.404. The molecule has 0 amide bonds. The first kappa shape index (κ1) is 11.9. The van der Waals surface area contributed by atoms with Gasteiger partial charge in [0, 0.05) is 15.8 Å². The number of hydrazine groups is 1. The summed E-state index contributed by atoms with van der Waals surface area (Å²) in [5.41, 5.74) is 2.79. The van der Waals surface area contributed by atoms with E-state index in [1.807, 2.05) is 25.1 Å². The van der Waals surface area contributed by atoms with Gasteiger partial charge < -0.3 is 4.42 Å². The van der Waals surface area contributed by atoms with Crippen LogP contribution in [-0.4, -0.2) is 0 Å². The van der Waals surface area contributed by atoms with Crippen LogP contribution in [-0.2, 0) is 6.42 Å². The highest BCUT2D eigenvalue weighted by Crippen LogP contribution is 2.28. The van der Waals surface area contributed by atoms with Crippen LogP contribution < -0.4 is 11.3 Å². The van der Waals surface area contributed by atoms with E-state index in [0.29, 0.717) is 0 Å². The van der Waals surface area contributed by atoms with Gasteiger partial charge in [0.05, 0.1) is 6.04 Å². The Labute approximate surface area is 107 Å². The van der Waals surface area contributed by atoms with Crippen LogP contribution in [0, 0.1) is 6.92 Å². The Bertz CT molecular complexity index is 466. The third kappa shape index (κ3) is 2.55. The Balaban J connectivity index is 2.15. The first-order valence-corrected chi connectivity index (χ1v) is 6.62. The van der Waals surface area contributed by atoms with E-state index in [-0.39, 0.29) is 6.04 Å². The molecule has 0 saturated heterocycles. The predicted molar refractivity (Wildman–Crippen MR) is 69.2 cm³/mol. The summed E-state index contributed by atoms with van der Waals surface area (Å²) in [5.74, 6) is 7.34. The molecule has 2 rings (SSSR count). The number of nitrogens with one attached hydrogen (secondary N) is 1. The molecule has 86 valence electrons. The Hall–Kier alpha value is -0.620. The molecule has 0 radical (unpaired) electrons. The van der Waals surface area contributed by atoms with Crippen LogP contribution in [0.4, 0.5) is 0 Å². The van der Waals surface area contributed by atoms with E-state index >= 15 is 0 Å². The number of thiophene rings is 1. The summed E-state index contributed by atoms with van der Waals surface area (Å²) in [6.45, 7) is 1.93. The first-order valence-electron chi connectivity index (χ1n) is 4.95. The van der Waals surface area contributed by atoms with Crippen LogP contribution in [0.15, 0.2) is 32.5 Å². The Morgan fingerprint density at radius 3 is 2.81 bits per heavy atom. The van der Waals surface area contributed by atoms with Crippen LogP contribution in [0.2, 0.25) is 0 Å². The molecule has 0 aliphatic rings. The third-order valence-electron chi connectivity index (χ3n) is 2.39. The first-order chi connectivity index (χ1) is 7.70. The van der Waals surface area contributed by atoms with E-state index in [1.165, 1.54) is 4.88 Å². The zero-order valence-corrected chi connectivity index (χ0v) is 11.3. The number of hydrogen-bond acceptors (Lipinski definition) is 4. The van der Waals surface area contributed by atoms with E-state index in [9.17, 15) is 0 Å². The van der Waals surface area contributed by atoms with Crippen LogP contribution in [0.3, 0.4) is 0 Å². The van der Waals surface area contributed by atoms with Crippen LogP contribution in [0.1, 0.15) is 22.4 Å². The number of hydrogen-bond donors (Lipinski definition) is 2. The Morgan fingerprint density at radius 2 is 2.31 bits per heavy atom.